The predicted octanol–water partition coefficient (Wildman–Crippen LogP) is 0.553. The molecule has 0 aromatic rings. The van der Waals surface area contributed by atoms with Crippen molar-refractivity contribution in [3.63, 3.8) is 0 Å². The summed E-state index contributed by atoms with van der Waals surface area (Å²) in [6.45, 7) is 0.878. The van der Waals surface area contributed by atoms with Crippen LogP contribution in [0.15, 0.2) is 0 Å². The Hall–Kier alpha value is -0.410. The van der Waals surface area contributed by atoms with Gasteiger partial charge >= 0.3 is 0 Å². The van der Waals surface area contributed by atoms with Gasteiger partial charge in [-0.25, -0.2) is 0 Å². The molecule has 0 unspecified atom stereocenters. The van der Waals surface area contributed by atoms with Crippen LogP contribution in [0.3, 0.4) is 0 Å². The highest BCUT2D eigenvalue weighted by Crippen LogP contribution is 2.00. The Morgan fingerprint density at radius 1 is 1.50 bits per heavy atom. The van der Waals surface area contributed by atoms with Crippen LogP contribution in [0.4, 0.5) is 0 Å². The van der Waals surface area contributed by atoms with E-state index in [1.165, 1.54) is 0 Å². The van der Waals surface area contributed by atoms with Gasteiger partial charge in [0, 0.05) is 1.37 Å². The molecule has 0 aliphatic rings. The topological polar surface area (TPSA) is 41.1 Å². The highest BCUT2D eigenvalue weighted by atomic mass is 16.1. The van der Waals surface area contributed by atoms with Crippen molar-refractivity contribution < 1.29 is 6.17 Å². The Morgan fingerprint density at radius 3 is 2.75 bits per heavy atom. The van der Waals surface area contributed by atoms with Crippen molar-refractivity contribution in [3.05, 3.63) is 0 Å². The summed E-state index contributed by atoms with van der Waals surface area (Å²) < 4.78 is 6.96. The van der Waals surface area contributed by atoms with Gasteiger partial charge in [-0.15, -0.1) is 0 Å². The van der Waals surface area contributed by atoms with E-state index in [0.717, 1.165) is 25.8 Å². The molecule has 3 heteroatoms. The van der Waals surface area contributed by atoms with Crippen molar-refractivity contribution in [2.45, 2.75) is 32.2 Å². The first kappa shape index (κ1) is 9.68. The lowest BCUT2D eigenvalue weighted by Crippen LogP contribution is -2.32. The van der Waals surface area contributed by atoms with E-state index in [2.05, 4.69) is 10.6 Å². The molecular formula is C9H20N2O. The molecule has 0 aromatic carbocycles. The van der Waals surface area contributed by atoms with E-state index >= 15 is 0 Å². The van der Waals surface area contributed by atoms with Crippen molar-refractivity contribution in [3.8, 4) is 0 Å². The SMILES string of the molecule is [2H]CC(=O)[C@H](CCCCNC)NC. The first-order valence-corrected chi connectivity index (χ1v) is 4.40. The van der Waals surface area contributed by atoms with Gasteiger partial charge in [-0.1, -0.05) is 6.42 Å². The fourth-order valence-corrected chi connectivity index (χ4v) is 1.12. The standard InChI is InChI=1S/C9H20N2O/c1-8(12)9(11-3)6-4-5-7-10-2/h9-11H,4-7H2,1-3H3/t9-/m0/s1/i1D. The number of hydrogen-bond donors (Lipinski definition) is 2. The van der Waals surface area contributed by atoms with Gasteiger partial charge in [-0.2, -0.15) is 0 Å². The lowest BCUT2D eigenvalue weighted by atomic mass is 10.1. The second-order valence-electron chi connectivity index (χ2n) is 2.91. The molecule has 12 heavy (non-hydrogen) atoms. The number of likely N-dealkylation sites (N-methyl/N-ethyl adjacent to an activating group) is 1. The van der Waals surface area contributed by atoms with Crippen LogP contribution in [0.2, 0.25) is 0 Å². The largest absolute Gasteiger partial charge is 0.320 e. The molecule has 0 aliphatic heterocycles. The zero-order chi connectivity index (χ0) is 10.1. The Kier molecular flexibility index (Phi) is 5.85. The lowest BCUT2D eigenvalue weighted by Gasteiger charge is -2.11. The zero-order valence-electron chi connectivity index (χ0n) is 9.02. The second-order valence-corrected chi connectivity index (χ2v) is 2.91. The molecule has 0 aliphatic carbocycles. The maximum Gasteiger partial charge on any atom is 0.146 e. The van der Waals surface area contributed by atoms with Gasteiger partial charge in [-0.3, -0.25) is 4.79 Å². The van der Waals surface area contributed by atoms with Gasteiger partial charge in [0.1, 0.15) is 5.78 Å². The van der Waals surface area contributed by atoms with E-state index in [0.29, 0.717) is 0 Å². The maximum absolute atomic E-state index is 11.1. The number of rotatable bonds is 7. The van der Waals surface area contributed by atoms with E-state index in [4.69, 9.17) is 1.37 Å². The van der Waals surface area contributed by atoms with Crippen molar-refractivity contribution in [1.82, 2.24) is 10.6 Å². The molecule has 0 bridgehead atoms. The minimum Gasteiger partial charge on any atom is -0.320 e. The highest BCUT2D eigenvalue weighted by Gasteiger charge is 2.09. The number of Topliss-reactive ketones (excluding diaryl/α,β-unsaturated/α-hetero) is 1. The first-order valence-electron chi connectivity index (χ1n) is 5.10. The summed E-state index contributed by atoms with van der Waals surface area (Å²) in [6.07, 6.45) is 2.95. The van der Waals surface area contributed by atoms with Crippen molar-refractivity contribution >= 4 is 5.78 Å². The molecule has 2 N–H and O–H groups in total. The maximum atomic E-state index is 11.1. The first-order chi connectivity index (χ1) is 6.26. The van der Waals surface area contributed by atoms with Crippen LogP contribution in [0.1, 0.15) is 27.5 Å². The molecule has 0 amide bonds. The van der Waals surface area contributed by atoms with Crippen LogP contribution in [0.5, 0.6) is 0 Å². The molecule has 0 heterocycles. The molecule has 0 saturated carbocycles. The molecule has 72 valence electrons. The molecule has 3 nitrogen and oxygen atoms in total. The fourth-order valence-electron chi connectivity index (χ4n) is 1.12. The third kappa shape index (κ3) is 5.27. The van der Waals surface area contributed by atoms with Crippen molar-refractivity contribution in [1.29, 1.82) is 0 Å². The quantitative estimate of drug-likeness (QED) is 0.553. The number of unbranched alkanes of at least 4 members (excludes halogenated alkanes) is 1. The number of carbonyl (C=O) groups is 1. The minimum atomic E-state index is -0.116. The summed E-state index contributed by atoms with van der Waals surface area (Å²) >= 11 is 0. The van der Waals surface area contributed by atoms with E-state index in [9.17, 15) is 4.79 Å². The van der Waals surface area contributed by atoms with Crippen LogP contribution in [-0.2, 0) is 4.79 Å². The van der Waals surface area contributed by atoms with E-state index in [-0.39, 0.29) is 18.7 Å². The molecule has 0 aromatic heterocycles. The van der Waals surface area contributed by atoms with E-state index < -0.39 is 0 Å². The van der Waals surface area contributed by atoms with Crippen LogP contribution < -0.4 is 10.6 Å². The van der Waals surface area contributed by atoms with Crippen LogP contribution in [-0.4, -0.2) is 32.5 Å². The Labute approximate surface area is 76.3 Å². The molecule has 0 rings (SSSR count). The van der Waals surface area contributed by atoms with E-state index in [1.807, 2.05) is 7.05 Å². The molecule has 0 saturated heterocycles. The predicted molar refractivity (Wildman–Crippen MR) is 51.3 cm³/mol. The van der Waals surface area contributed by atoms with Gasteiger partial charge in [0.05, 0.1) is 6.04 Å². The average molecular weight is 173 g/mol. The van der Waals surface area contributed by atoms with Gasteiger partial charge in [0.2, 0.25) is 0 Å². The summed E-state index contributed by atoms with van der Waals surface area (Å²) in [6, 6.07) is -0.116. The monoisotopic (exact) mass is 173 g/mol. The van der Waals surface area contributed by atoms with E-state index in [1.54, 1.807) is 7.05 Å². The Balaban J connectivity index is 3.53. The molecule has 0 radical (unpaired) electrons. The van der Waals surface area contributed by atoms with Crippen LogP contribution >= 0.6 is 0 Å². The van der Waals surface area contributed by atoms with Crippen LogP contribution in [0.25, 0.3) is 0 Å². The van der Waals surface area contributed by atoms with Crippen LogP contribution in [0, 0.1) is 0 Å². The zero-order valence-corrected chi connectivity index (χ0v) is 8.02. The van der Waals surface area contributed by atoms with Crippen molar-refractivity contribution in [2.75, 3.05) is 20.6 Å². The van der Waals surface area contributed by atoms with Crippen molar-refractivity contribution in [2.24, 2.45) is 0 Å². The minimum absolute atomic E-state index is 0.00745. The summed E-state index contributed by atoms with van der Waals surface area (Å²) in [4.78, 5) is 11.1. The normalized spacial score (nSPS) is 14.0. The van der Waals surface area contributed by atoms with Gasteiger partial charge in [0.15, 0.2) is 0 Å². The smallest absolute Gasteiger partial charge is 0.146 e. The highest BCUT2D eigenvalue weighted by molar-refractivity contribution is 5.81. The van der Waals surface area contributed by atoms with Gasteiger partial charge < -0.3 is 10.6 Å². The number of ketones is 1. The molecule has 0 spiro atoms. The van der Waals surface area contributed by atoms with Gasteiger partial charge in [-0.05, 0) is 40.4 Å². The second kappa shape index (κ2) is 7.25. The summed E-state index contributed by atoms with van der Waals surface area (Å²) in [5.74, 6) is -0.00745. The Morgan fingerprint density at radius 2 is 2.25 bits per heavy atom. The van der Waals surface area contributed by atoms with Gasteiger partial charge in [0.25, 0.3) is 0 Å². The lowest BCUT2D eigenvalue weighted by molar-refractivity contribution is -0.119. The molecular weight excluding hydrogens is 152 g/mol. The third-order valence-electron chi connectivity index (χ3n) is 1.91. The summed E-state index contributed by atoms with van der Waals surface area (Å²) in [5, 5.41) is 6.00. The fraction of sp³-hybridized carbons (Fsp3) is 0.889. The molecule has 1 atom stereocenters. The summed E-state index contributed by atoms with van der Waals surface area (Å²) in [5.41, 5.74) is 0. The summed E-state index contributed by atoms with van der Waals surface area (Å²) in [7, 11) is 3.70. The average Bonchev–Trinajstić information content (AvgIpc) is 2.17. The number of hydrogen-bond acceptors (Lipinski definition) is 3. The third-order valence-corrected chi connectivity index (χ3v) is 1.91. The molecule has 0 fully saturated rings. The number of carbonyl (C=O) groups excluding carboxylic acids is 1. The Bertz CT molecular complexity index is 142. The number of nitrogens with one attached hydrogen (secondary N) is 2.